The number of hydrogen-bond acceptors (Lipinski definition) is 2. The molecule has 1 aliphatic rings. The number of hydrogen-bond donors (Lipinski definition) is 1. The predicted octanol–water partition coefficient (Wildman–Crippen LogP) is 3.71. The lowest BCUT2D eigenvalue weighted by molar-refractivity contribution is -0.0474. The zero-order valence-corrected chi connectivity index (χ0v) is 12.5. The third-order valence-electron chi connectivity index (χ3n) is 3.68. The van der Waals surface area contributed by atoms with E-state index in [4.69, 9.17) is 4.74 Å². The highest BCUT2D eigenvalue weighted by Crippen LogP contribution is 2.24. The molecule has 0 bridgehead atoms. The van der Waals surface area contributed by atoms with Crippen LogP contribution >= 0.6 is 0 Å². The second-order valence-corrected chi connectivity index (χ2v) is 6.03. The van der Waals surface area contributed by atoms with Gasteiger partial charge in [-0.1, -0.05) is 51.5 Å². The average molecular weight is 261 g/mol. The molecule has 106 valence electrons. The summed E-state index contributed by atoms with van der Waals surface area (Å²) >= 11 is 0. The summed E-state index contributed by atoms with van der Waals surface area (Å²) in [6, 6.07) is 8.95. The zero-order chi connectivity index (χ0) is 13.7. The van der Waals surface area contributed by atoms with Crippen molar-refractivity contribution < 1.29 is 4.74 Å². The summed E-state index contributed by atoms with van der Waals surface area (Å²) in [6.07, 6.45) is 4.08. The fourth-order valence-electron chi connectivity index (χ4n) is 2.75. The van der Waals surface area contributed by atoms with Crippen molar-refractivity contribution >= 4 is 0 Å². The molecule has 1 aromatic carbocycles. The third kappa shape index (κ3) is 4.32. The molecule has 2 unspecified atom stereocenters. The minimum Gasteiger partial charge on any atom is -0.368 e. The van der Waals surface area contributed by atoms with E-state index in [2.05, 4.69) is 50.4 Å². The largest absolute Gasteiger partial charge is 0.368 e. The second-order valence-electron chi connectivity index (χ2n) is 6.03. The average Bonchev–Trinajstić information content (AvgIpc) is 2.39. The van der Waals surface area contributed by atoms with Gasteiger partial charge in [-0.15, -0.1) is 0 Å². The molecule has 0 saturated carbocycles. The summed E-state index contributed by atoms with van der Waals surface area (Å²) in [5.74, 6) is 0.692. The molecule has 1 saturated heterocycles. The van der Waals surface area contributed by atoms with E-state index in [1.165, 1.54) is 24.0 Å². The van der Waals surface area contributed by atoms with Crippen molar-refractivity contribution in [3.8, 4) is 0 Å². The van der Waals surface area contributed by atoms with Crippen LogP contribution in [0.25, 0.3) is 0 Å². The van der Waals surface area contributed by atoms with Crippen LogP contribution in [0.2, 0.25) is 0 Å². The van der Waals surface area contributed by atoms with Gasteiger partial charge in [-0.25, -0.2) is 0 Å². The van der Waals surface area contributed by atoms with Crippen molar-refractivity contribution in [2.75, 3.05) is 13.1 Å². The van der Waals surface area contributed by atoms with Gasteiger partial charge in [0.25, 0.3) is 0 Å². The van der Waals surface area contributed by atoms with Crippen molar-refractivity contribution in [1.29, 1.82) is 0 Å². The highest BCUT2D eigenvalue weighted by molar-refractivity contribution is 5.25. The number of nitrogens with one attached hydrogen (secondary N) is 1. The van der Waals surface area contributed by atoms with E-state index in [0.29, 0.717) is 12.0 Å². The Hall–Kier alpha value is -0.860. The van der Waals surface area contributed by atoms with Crippen LogP contribution in [0.15, 0.2) is 24.3 Å². The number of ether oxygens (including phenoxy) is 1. The fourth-order valence-corrected chi connectivity index (χ4v) is 2.75. The Balaban J connectivity index is 1.96. The molecule has 19 heavy (non-hydrogen) atoms. The van der Waals surface area contributed by atoms with Crippen molar-refractivity contribution in [2.45, 2.75) is 52.2 Å². The van der Waals surface area contributed by atoms with E-state index >= 15 is 0 Å². The minimum absolute atomic E-state index is 0.216. The Bertz CT molecular complexity index is 371. The Kier molecular flexibility index (Phi) is 5.41. The first-order chi connectivity index (χ1) is 9.19. The van der Waals surface area contributed by atoms with Crippen LogP contribution in [-0.2, 0) is 11.2 Å². The topological polar surface area (TPSA) is 21.3 Å². The molecule has 1 N–H and O–H groups in total. The van der Waals surface area contributed by atoms with Gasteiger partial charge in [0.15, 0.2) is 0 Å². The lowest BCUT2D eigenvalue weighted by Gasteiger charge is -2.32. The van der Waals surface area contributed by atoms with Crippen LogP contribution in [0.3, 0.4) is 0 Å². The predicted molar refractivity (Wildman–Crippen MR) is 80.4 cm³/mol. The van der Waals surface area contributed by atoms with E-state index in [1.54, 1.807) is 0 Å². The van der Waals surface area contributed by atoms with Crippen LogP contribution < -0.4 is 5.32 Å². The van der Waals surface area contributed by atoms with Crippen LogP contribution in [0, 0.1) is 5.92 Å². The number of morpholine rings is 1. The van der Waals surface area contributed by atoms with Gasteiger partial charge in [0.2, 0.25) is 0 Å². The molecule has 2 heteroatoms. The molecule has 2 rings (SSSR count). The van der Waals surface area contributed by atoms with Gasteiger partial charge in [0.1, 0.15) is 0 Å². The van der Waals surface area contributed by atoms with Gasteiger partial charge in [-0.3, -0.25) is 0 Å². The standard InChI is InChI=1S/C17H27NO/c1-4-5-14-6-8-15(9-7-14)17-12-18-11-16(19-17)10-13(2)3/h6-9,13,16-18H,4-5,10-12H2,1-3H3. The van der Waals surface area contributed by atoms with E-state index in [-0.39, 0.29) is 6.10 Å². The molecule has 0 radical (unpaired) electrons. The number of rotatable bonds is 5. The van der Waals surface area contributed by atoms with Crippen molar-refractivity contribution in [3.63, 3.8) is 0 Å². The molecule has 1 aliphatic heterocycles. The molecule has 0 aromatic heterocycles. The molecule has 0 aliphatic carbocycles. The molecule has 2 nitrogen and oxygen atoms in total. The van der Waals surface area contributed by atoms with E-state index in [1.807, 2.05) is 0 Å². The van der Waals surface area contributed by atoms with Crippen molar-refractivity contribution in [2.24, 2.45) is 5.92 Å². The highest BCUT2D eigenvalue weighted by Gasteiger charge is 2.23. The SMILES string of the molecule is CCCc1ccc(C2CNCC(CC(C)C)O2)cc1. The molecular weight excluding hydrogens is 234 g/mol. The smallest absolute Gasteiger partial charge is 0.0953 e. The maximum atomic E-state index is 6.22. The van der Waals surface area contributed by atoms with Crippen molar-refractivity contribution in [3.05, 3.63) is 35.4 Å². The summed E-state index contributed by atoms with van der Waals surface area (Å²) in [5.41, 5.74) is 2.73. The first-order valence-electron chi connectivity index (χ1n) is 7.64. The molecule has 1 fully saturated rings. The Morgan fingerprint density at radius 2 is 1.95 bits per heavy atom. The third-order valence-corrected chi connectivity index (χ3v) is 3.68. The molecule has 0 spiro atoms. The van der Waals surface area contributed by atoms with Gasteiger partial charge in [0.05, 0.1) is 12.2 Å². The number of aryl methyl sites for hydroxylation is 1. The summed E-state index contributed by atoms with van der Waals surface area (Å²) in [4.78, 5) is 0. The van der Waals surface area contributed by atoms with E-state index < -0.39 is 0 Å². The monoisotopic (exact) mass is 261 g/mol. The maximum absolute atomic E-state index is 6.22. The van der Waals surface area contributed by atoms with Crippen LogP contribution in [0.1, 0.15) is 50.8 Å². The van der Waals surface area contributed by atoms with Crippen LogP contribution in [0.4, 0.5) is 0 Å². The Labute approximate surface area is 117 Å². The van der Waals surface area contributed by atoms with Crippen LogP contribution in [-0.4, -0.2) is 19.2 Å². The molecule has 2 atom stereocenters. The normalized spacial score (nSPS) is 23.8. The van der Waals surface area contributed by atoms with Crippen molar-refractivity contribution in [1.82, 2.24) is 5.32 Å². The van der Waals surface area contributed by atoms with Gasteiger partial charge >= 0.3 is 0 Å². The Morgan fingerprint density at radius 1 is 1.21 bits per heavy atom. The summed E-state index contributed by atoms with van der Waals surface area (Å²) in [5, 5.41) is 3.50. The van der Waals surface area contributed by atoms with Gasteiger partial charge < -0.3 is 10.1 Å². The first-order valence-corrected chi connectivity index (χ1v) is 7.64. The minimum atomic E-state index is 0.216. The van der Waals surface area contributed by atoms with E-state index in [9.17, 15) is 0 Å². The Morgan fingerprint density at radius 3 is 2.58 bits per heavy atom. The zero-order valence-electron chi connectivity index (χ0n) is 12.5. The fraction of sp³-hybridized carbons (Fsp3) is 0.647. The summed E-state index contributed by atoms with van der Waals surface area (Å²) in [7, 11) is 0. The molecule has 0 amide bonds. The van der Waals surface area contributed by atoms with Gasteiger partial charge in [-0.2, -0.15) is 0 Å². The maximum Gasteiger partial charge on any atom is 0.0953 e. The second kappa shape index (κ2) is 7.06. The molecular formula is C17H27NO. The molecule has 1 aromatic rings. The quantitative estimate of drug-likeness (QED) is 0.872. The van der Waals surface area contributed by atoms with Gasteiger partial charge in [-0.05, 0) is 29.9 Å². The first kappa shape index (κ1) is 14.5. The molecule has 1 heterocycles. The van der Waals surface area contributed by atoms with Gasteiger partial charge in [0, 0.05) is 13.1 Å². The summed E-state index contributed by atoms with van der Waals surface area (Å²) in [6.45, 7) is 8.65. The van der Waals surface area contributed by atoms with E-state index in [0.717, 1.165) is 19.5 Å². The van der Waals surface area contributed by atoms with Crippen LogP contribution in [0.5, 0.6) is 0 Å². The lowest BCUT2D eigenvalue weighted by Crippen LogP contribution is -2.41. The summed E-state index contributed by atoms with van der Waals surface area (Å²) < 4.78 is 6.22. The highest BCUT2D eigenvalue weighted by atomic mass is 16.5. The number of benzene rings is 1. The lowest BCUT2D eigenvalue weighted by atomic mass is 10.0.